The second kappa shape index (κ2) is 6.25. The quantitative estimate of drug-likeness (QED) is 0.579. The number of halogens is 2. The van der Waals surface area contributed by atoms with Crippen LogP contribution < -0.4 is 10.2 Å². The van der Waals surface area contributed by atoms with Crippen LogP contribution in [-0.2, 0) is 9.57 Å². The molecule has 2 heterocycles. The lowest BCUT2D eigenvalue weighted by atomic mass is 9.77. The Bertz CT molecular complexity index is 566. The fourth-order valence-corrected chi connectivity index (χ4v) is 2.89. The summed E-state index contributed by atoms with van der Waals surface area (Å²) in [6.07, 6.45) is -0.882. The fourth-order valence-electron chi connectivity index (χ4n) is 2.89. The number of hydrogen-bond acceptors (Lipinski definition) is 7. The molecule has 7 nitrogen and oxygen atoms in total. The summed E-state index contributed by atoms with van der Waals surface area (Å²) in [5, 5.41) is 13.9. The van der Waals surface area contributed by atoms with Gasteiger partial charge in [-0.15, -0.1) is 4.91 Å². The van der Waals surface area contributed by atoms with Crippen LogP contribution in [0.4, 0.5) is 20.2 Å². The topological polar surface area (TPSA) is 83.4 Å². The highest BCUT2D eigenvalue weighted by Gasteiger charge is 2.50. The average Bonchev–Trinajstić information content (AvgIpc) is 2.43. The zero-order valence-corrected chi connectivity index (χ0v) is 12.3. The second-order valence-corrected chi connectivity index (χ2v) is 6.00. The Kier molecular flexibility index (Phi) is 4.31. The minimum Gasteiger partial charge on any atom is -0.392 e. The first-order valence-corrected chi connectivity index (χ1v) is 7.22. The van der Waals surface area contributed by atoms with Crippen LogP contribution in [0.15, 0.2) is 17.5 Å². The molecule has 0 aliphatic carbocycles. The van der Waals surface area contributed by atoms with E-state index in [0.717, 1.165) is 0 Å². The molecule has 0 aromatic heterocycles. The van der Waals surface area contributed by atoms with Crippen LogP contribution in [0.5, 0.6) is 0 Å². The predicted octanol–water partition coefficient (Wildman–Crippen LogP) is 1.27. The van der Waals surface area contributed by atoms with E-state index in [2.05, 4.69) is 15.5 Å². The van der Waals surface area contributed by atoms with E-state index < -0.39 is 24.3 Å². The molecule has 1 aromatic carbocycles. The molecule has 1 aromatic rings. The zero-order chi connectivity index (χ0) is 16.4. The smallest absolute Gasteiger partial charge is 0.170 e. The molecule has 3 rings (SSSR count). The van der Waals surface area contributed by atoms with Gasteiger partial charge in [-0.1, -0.05) is 0 Å². The van der Waals surface area contributed by atoms with Gasteiger partial charge in [-0.2, -0.15) is 0 Å². The van der Waals surface area contributed by atoms with Crippen molar-refractivity contribution in [3.63, 3.8) is 0 Å². The van der Waals surface area contributed by atoms with E-state index in [1.807, 2.05) is 0 Å². The van der Waals surface area contributed by atoms with Gasteiger partial charge in [0.2, 0.25) is 0 Å². The summed E-state index contributed by atoms with van der Waals surface area (Å²) in [6, 6.07) is 2.34. The Morgan fingerprint density at radius 3 is 2.52 bits per heavy atom. The lowest BCUT2D eigenvalue weighted by Crippen LogP contribution is -2.66. The summed E-state index contributed by atoms with van der Waals surface area (Å²) in [6.45, 7) is 1.99. The molecule has 0 radical (unpaired) electrons. The van der Waals surface area contributed by atoms with Gasteiger partial charge < -0.3 is 24.9 Å². The van der Waals surface area contributed by atoms with Gasteiger partial charge in [0.05, 0.1) is 31.8 Å². The molecule has 0 bridgehead atoms. The van der Waals surface area contributed by atoms with Crippen molar-refractivity contribution >= 4 is 11.4 Å². The van der Waals surface area contributed by atoms with Crippen LogP contribution in [0.2, 0.25) is 0 Å². The van der Waals surface area contributed by atoms with Crippen molar-refractivity contribution in [3.8, 4) is 0 Å². The summed E-state index contributed by atoms with van der Waals surface area (Å²) in [4.78, 5) is 16.0. The van der Waals surface area contributed by atoms with E-state index >= 15 is 0 Å². The van der Waals surface area contributed by atoms with Gasteiger partial charge in [0.15, 0.2) is 23.1 Å². The highest BCUT2D eigenvalue weighted by atomic mass is 19.1. The van der Waals surface area contributed by atoms with Crippen LogP contribution in [0.3, 0.4) is 0 Å². The average molecular weight is 329 g/mol. The minimum atomic E-state index is -0.882. The van der Waals surface area contributed by atoms with Crippen molar-refractivity contribution < 1.29 is 23.5 Å². The third-order valence-electron chi connectivity index (χ3n) is 4.13. The van der Waals surface area contributed by atoms with E-state index in [4.69, 9.17) is 9.84 Å². The lowest BCUT2D eigenvalue weighted by molar-refractivity contribution is -0.127. The van der Waals surface area contributed by atoms with E-state index in [0.29, 0.717) is 26.3 Å². The van der Waals surface area contributed by atoms with Gasteiger partial charge in [0.1, 0.15) is 5.69 Å². The first kappa shape index (κ1) is 15.9. The number of anilines is 2. The molecule has 2 saturated heterocycles. The van der Waals surface area contributed by atoms with Gasteiger partial charge in [-0.05, 0) is 12.1 Å². The van der Waals surface area contributed by atoms with Crippen molar-refractivity contribution in [2.75, 3.05) is 49.7 Å². The maximum atomic E-state index is 14.2. The minimum absolute atomic E-state index is 0.00929. The maximum absolute atomic E-state index is 14.2. The van der Waals surface area contributed by atoms with Crippen LogP contribution in [-0.4, -0.2) is 50.7 Å². The molecule has 9 heteroatoms. The second-order valence-electron chi connectivity index (χ2n) is 6.00. The van der Waals surface area contributed by atoms with E-state index in [9.17, 15) is 13.7 Å². The monoisotopic (exact) mass is 329 g/mol. The summed E-state index contributed by atoms with van der Waals surface area (Å²) < 4.78 is 33.6. The first-order chi connectivity index (χ1) is 11.1. The molecule has 2 aliphatic rings. The number of hydrogen-bond donors (Lipinski definition) is 2. The Hall–Kier alpha value is -2.00. The molecule has 0 saturated carbocycles. The van der Waals surface area contributed by atoms with Crippen LogP contribution >= 0.6 is 0 Å². The molecule has 1 unspecified atom stereocenters. The van der Waals surface area contributed by atoms with Gasteiger partial charge in [-0.25, -0.2) is 8.78 Å². The van der Waals surface area contributed by atoms with E-state index in [1.54, 1.807) is 4.90 Å². The Labute approximate surface area is 131 Å². The van der Waals surface area contributed by atoms with E-state index in [-0.39, 0.29) is 23.3 Å². The molecule has 1 atom stereocenters. The highest BCUT2D eigenvalue weighted by molar-refractivity contribution is 5.59. The SMILES string of the molecule is O=NOC(CO)CNc1cc(F)c(N2CC3(COC3)C2)c(F)c1. The summed E-state index contributed by atoms with van der Waals surface area (Å²) in [7, 11) is 0. The van der Waals surface area contributed by atoms with Crippen molar-refractivity contribution in [3.05, 3.63) is 28.7 Å². The molecule has 2 aliphatic heterocycles. The number of nitrogens with one attached hydrogen (secondary N) is 1. The number of aliphatic hydroxyl groups excluding tert-OH is 1. The predicted molar refractivity (Wildman–Crippen MR) is 78.1 cm³/mol. The molecular weight excluding hydrogens is 312 g/mol. The number of benzene rings is 1. The molecule has 1 spiro atoms. The molecule has 126 valence electrons. The largest absolute Gasteiger partial charge is 0.392 e. The standard InChI is InChI=1S/C14H17F2N3O4/c15-11-1-9(17-3-10(4-20)23-18-21)2-12(16)13(11)19-5-14(6-19)7-22-8-14/h1-2,10,17,20H,3-8H2. The first-order valence-electron chi connectivity index (χ1n) is 7.22. The number of nitrogens with zero attached hydrogens (tertiary/aromatic N) is 2. The van der Waals surface area contributed by atoms with E-state index in [1.165, 1.54) is 12.1 Å². The summed E-state index contributed by atoms with van der Waals surface area (Å²) in [5.41, 5.74) is 0.208. The number of rotatable bonds is 7. The van der Waals surface area contributed by atoms with Crippen molar-refractivity contribution in [2.45, 2.75) is 6.10 Å². The van der Waals surface area contributed by atoms with Crippen LogP contribution in [0, 0.1) is 22.0 Å². The summed E-state index contributed by atoms with van der Waals surface area (Å²) in [5.74, 6) is -1.34. The number of ether oxygens (including phenoxy) is 1. The van der Waals surface area contributed by atoms with Crippen molar-refractivity contribution in [2.24, 2.45) is 10.8 Å². The molecular formula is C14H17F2N3O4. The highest BCUT2D eigenvalue weighted by Crippen LogP contribution is 2.42. The van der Waals surface area contributed by atoms with Crippen LogP contribution in [0.25, 0.3) is 0 Å². The maximum Gasteiger partial charge on any atom is 0.170 e. The molecule has 2 fully saturated rings. The zero-order valence-electron chi connectivity index (χ0n) is 12.3. The number of aliphatic hydroxyl groups is 1. The Balaban J connectivity index is 1.64. The van der Waals surface area contributed by atoms with Gasteiger partial charge in [-0.3, -0.25) is 0 Å². The van der Waals surface area contributed by atoms with Gasteiger partial charge in [0.25, 0.3) is 0 Å². The van der Waals surface area contributed by atoms with Gasteiger partial charge >= 0.3 is 0 Å². The van der Waals surface area contributed by atoms with Gasteiger partial charge in [0, 0.05) is 18.8 Å². The summed E-state index contributed by atoms with van der Waals surface area (Å²) >= 11 is 0. The van der Waals surface area contributed by atoms with Crippen molar-refractivity contribution in [1.82, 2.24) is 0 Å². The normalized spacial score (nSPS) is 19.7. The fraction of sp³-hybridized carbons (Fsp3) is 0.571. The molecule has 23 heavy (non-hydrogen) atoms. The third-order valence-corrected chi connectivity index (χ3v) is 4.13. The third kappa shape index (κ3) is 3.06. The molecule has 0 amide bonds. The molecule has 2 N–H and O–H groups in total. The lowest BCUT2D eigenvalue weighted by Gasteiger charge is -2.55. The Morgan fingerprint density at radius 2 is 2.04 bits per heavy atom. The van der Waals surface area contributed by atoms with Crippen molar-refractivity contribution in [1.29, 1.82) is 0 Å². The van der Waals surface area contributed by atoms with Crippen LogP contribution in [0.1, 0.15) is 0 Å². The Morgan fingerprint density at radius 1 is 1.39 bits per heavy atom.